The van der Waals surface area contributed by atoms with Crippen molar-refractivity contribution in [2.75, 3.05) is 0 Å². The Morgan fingerprint density at radius 3 is 1.14 bits per heavy atom. The molecule has 0 heteroatoms. The summed E-state index contributed by atoms with van der Waals surface area (Å²) >= 11 is 0. The number of hydrogen-bond acceptors (Lipinski definition) is 0. The van der Waals surface area contributed by atoms with Gasteiger partial charge in [-0.1, -0.05) is 81.1 Å². The molecule has 0 aromatic rings. The van der Waals surface area contributed by atoms with Crippen molar-refractivity contribution in [2.24, 2.45) is 5.41 Å². The molecule has 0 unspecified atom stereocenters. The second-order valence-corrected chi connectivity index (χ2v) is 3.97. The van der Waals surface area contributed by atoms with Crippen LogP contribution in [-0.2, 0) is 0 Å². The molecule has 90 valence electrons. The summed E-state index contributed by atoms with van der Waals surface area (Å²) in [5, 5.41) is 0. The molecule has 0 bridgehead atoms. The average Bonchev–Trinajstić information content (AvgIpc) is 2.22. The van der Waals surface area contributed by atoms with E-state index in [1.807, 2.05) is 13.8 Å². The molecule has 0 atom stereocenters. The van der Waals surface area contributed by atoms with Crippen LogP contribution in [0.4, 0.5) is 0 Å². The molecule has 0 aromatic carbocycles. The third kappa shape index (κ3) is 14.5. The van der Waals surface area contributed by atoms with Gasteiger partial charge in [0.05, 0.1) is 0 Å². The molecule has 0 fully saturated rings. The Morgan fingerprint density at radius 2 is 1.07 bits per heavy atom. The number of hydrogen-bond donors (Lipinski definition) is 0. The summed E-state index contributed by atoms with van der Waals surface area (Å²) in [6, 6.07) is 0. The van der Waals surface area contributed by atoms with Gasteiger partial charge < -0.3 is 0 Å². The Hall–Kier alpha value is 0. The summed E-state index contributed by atoms with van der Waals surface area (Å²) in [5.74, 6) is 0. The van der Waals surface area contributed by atoms with E-state index in [-0.39, 0.29) is 0 Å². The molecule has 0 amide bonds. The molecule has 0 rings (SSSR count). The van der Waals surface area contributed by atoms with Gasteiger partial charge in [0.15, 0.2) is 0 Å². The lowest BCUT2D eigenvalue weighted by molar-refractivity contribution is 0.270. The lowest BCUT2D eigenvalue weighted by atomic mass is 9.81. The van der Waals surface area contributed by atoms with Crippen LogP contribution in [0.3, 0.4) is 0 Å². The minimum atomic E-state index is 0.634. The van der Waals surface area contributed by atoms with Crippen LogP contribution < -0.4 is 0 Å². The van der Waals surface area contributed by atoms with Gasteiger partial charge in [0, 0.05) is 0 Å². The van der Waals surface area contributed by atoms with Crippen LogP contribution in [0, 0.1) is 5.41 Å². The Kier molecular flexibility index (Phi) is 21.6. The Labute approximate surface area is 93.5 Å². The van der Waals surface area contributed by atoms with Gasteiger partial charge in [0.2, 0.25) is 0 Å². The zero-order valence-corrected chi connectivity index (χ0v) is 12.0. The van der Waals surface area contributed by atoms with Crippen molar-refractivity contribution in [3.63, 3.8) is 0 Å². The Balaban J connectivity index is -0.000000205. The molecule has 0 radical (unpaired) electrons. The first-order valence-corrected chi connectivity index (χ1v) is 6.60. The summed E-state index contributed by atoms with van der Waals surface area (Å²) < 4.78 is 0. The van der Waals surface area contributed by atoms with Crippen molar-refractivity contribution in [3.8, 4) is 0 Å². The van der Waals surface area contributed by atoms with Crippen molar-refractivity contribution >= 4 is 0 Å². The smallest absolute Gasteiger partial charge is 0.0331 e. The van der Waals surface area contributed by atoms with Crippen molar-refractivity contribution in [1.82, 2.24) is 0 Å². The molecule has 0 saturated carbocycles. The molecule has 0 aromatic heterocycles. The van der Waals surface area contributed by atoms with Crippen LogP contribution in [0.15, 0.2) is 0 Å². The fourth-order valence-electron chi connectivity index (χ4n) is 1.21. The first-order valence-electron chi connectivity index (χ1n) is 6.60. The molecular formula is C14H34. The third-order valence-corrected chi connectivity index (χ3v) is 2.56. The highest BCUT2D eigenvalue weighted by atomic mass is 14.2. The molecular weight excluding hydrogens is 168 g/mol. The lowest BCUT2D eigenvalue weighted by Crippen LogP contribution is -2.12. The Bertz CT molecular complexity index is 70.1. The molecule has 0 aliphatic rings. The first-order chi connectivity index (χ1) is 6.60. The topological polar surface area (TPSA) is 0 Å². The molecule has 0 heterocycles. The van der Waals surface area contributed by atoms with Crippen molar-refractivity contribution in [1.29, 1.82) is 0 Å². The summed E-state index contributed by atoms with van der Waals surface area (Å²) in [5.41, 5.74) is 0.634. The normalized spacial score (nSPS) is 9.43. The van der Waals surface area contributed by atoms with Gasteiger partial charge in [-0.25, -0.2) is 0 Å². The van der Waals surface area contributed by atoms with Gasteiger partial charge in [-0.2, -0.15) is 0 Å². The minimum Gasteiger partial charge on any atom is -0.0683 e. The van der Waals surface area contributed by atoms with Crippen molar-refractivity contribution < 1.29 is 0 Å². The predicted molar refractivity (Wildman–Crippen MR) is 70.9 cm³/mol. The van der Waals surface area contributed by atoms with E-state index >= 15 is 0 Å². The second-order valence-electron chi connectivity index (χ2n) is 3.97. The summed E-state index contributed by atoms with van der Waals surface area (Å²) in [7, 11) is 0. The standard InChI is InChI=1S/C9H20.C3H8.C2H6/c1-5-8-9(4,6-2)7-3;1-3-2;1-2/h5-8H2,1-4H3;3H2,1-2H3;1-2H3. The highest BCUT2D eigenvalue weighted by molar-refractivity contribution is 4.69. The highest BCUT2D eigenvalue weighted by Gasteiger charge is 2.16. The monoisotopic (exact) mass is 202 g/mol. The van der Waals surface area contributed by atoms with E-state index in [0.29, 0.717) is 5.41 Å². The van der Waals surface area contributed by atoms with Crippen LogP contribution in [0.25, 0.3) is 0 Å². The molecule has 14 heavy (non-hydrogen) atoms. The predicted octanol–water partition coefficient (Wildman–Crippen LogP) is 6.06. The van der Waals surface area contributed by atoms with Crippen molar-refractivity contribution in [2.45, 2.75) is 87.5 Å². The van der Waals surface area contributed by atoms with Gasteiger partial charge in [-0.05, 0) is 11.8 Å². The molecule has 0 N–H and O–H groups in total. The van der Waals surface area contributed by atoms with E-state index < -0.39 is 0 Å². The van der Waals surface area contributed by atoms with E-state index in [1.165, 1.54) is 32.1 Å². The largest absolute Gasteiger partial charge is 0.0683 e. The SMILES string of the molecule is CC.CCC.CCCC(C)(CC)CC. The van der Waals surface area contributed by atoms with Gasteiger partial charge >= 0.3 is 0 Å². The summed E-state index contributed by atoms with van der Waals surface area (Å²) in [6.07, 6.45) is 6.63. The highest BCUT2D eigenvalue weighted by Crippen LogP contribution is 2.30. The van der Waals surface area contributed by atoms with Crippen LogP contribution in [-0.4, -0.2) is 0 Å². The van der Waals surface area contributed by atoms with Gasteiger partial charge in [-0.15, -0.1) is 0 Å². The average molecular weight is 202 g/mol. The minimum absolute atomic E-state index is 0.634. The maximum Gasteiger partial charge on any atom is -0.0331 e. The molecule has 0 aliphatic heterocycles. The van der Waals surface area contributed by atoms with Crippen LogP contribution >= 0.6 is 0 Å². The van der Waals surface area contributed by atoms with E-state index in [4.69, 9.17) is 0 Å². The lowest BCUT2D eigenvalue weighted by Gasteiger charge is -2.25. The van der Waals surface area contributed by atoms with Crippen LogP contribution in [0.1, 0.15) is 87.5 Å². The van der Waals surface area contributed by atoms with Gasteiger partial charge in [0.25, 0.3) is 0 Å². The van der Waals surface area contributed by atoms with E-state index in [9.17, 15) is 0 Å². The summed E-state index contributed by atoms with van der Waals surface area (Å²) in [6.45, 7) is 17.5. The first kappa shape index (κ1) is 19.6. The molecule has 0 aliphatic carbocycles. The summed E-state index contributed by atoms with van der Waals surface area (Å²) in [4.78, 5) is 0. The quantitative estimate of drug-likeness (QED) is 0.520. The zero-order chi connectivity index (χ0) is 12.0. The zero-order valence-electron chi connectivity index (χ0n) is 12.0. The van der Waals surface area contributed by atoms with Crippen LogP contribution in [0.2, 0.25) is 0 Å². The fraction of sp³-hybridized carbons (Fsp3) is 1.00. The number of rotatable bonds is 4. The Morgan fingerprint density at radius 1 is 0.786 bits per heavy atom. The molecule has 0 saturated heterocycles. The fourth-order valence-corrected chi connectivity index (χ4v) is 1.21. The van der Waals surface area contributed by atoms with Gasteiger partial charge in [-0.3, -0.25) is 0 Å². The van der Waals surface area contributed by atoms with Gasteiger partial charge in [0.1, 0.15) is 0 Å². The van der Waals surface area contributed by atoms with Crippen molar-refractivity contribution in [3.05, 3.63) is 0 Å². The third-order valence-electron chi connectivity index (χ3n) is 2.56. The molecule has 0 nitrogen and oxygen atoms in total. The maximum atomic E-state index is 2.39. The van der Waals surface area contributed by atoms with E-state index in [2.05, 4.69) is 41.5 Å². The van der Waals surface area contributed by atoms with E-state index in [0.717, 1.165) is 0 Å². The van der Waals surface area contributed by atoms with Crippen LogP contribution in [0.5, 0.6) is 0 Å². The van der Waals surface area contributed by atoms with E-state index in [1.54, 1.807) is 0 Å². The molecule has 0 spiro atoms. The second kappa shape index (κ2) is 15.5. The maximum absolute atomic E-state index is 2.39.